The Kier molecular flexibility index (Phi) is 7.04. The van der Waals surface area contributed by atoms with Crippen LogP contribution in [0.2, 0.25) is 0 Å². The molecule has 0 spiro atoms. The third-order valence-electron chi connectivity index (χ3n) is 1.46. The molecule has 0 aliphatic rings. The number of rotatable bonds is 2. The molecule has 1 radical (unpaired) electrons. The molecule has 0 aromatic heterocycles. The van der Waals surface area contributed by atoms with Crippen molar-refractivity contribution in [2.75, 3.05) is 0 Å². The molecule has 0 aliphatic carbocycles. The Balaban J connectivity index is 0.00000196. The van der Waals surface area contributed by atoms with Crippen LogP contribution < -0.4 is 0 Å². The van der Waals surface area contributed by atoms with Gasteiger partial charge in [0.15, 0.2) is 0 Å². The molecule has 1 aromatic carbocycles. The van der Waals surface area contributed by atoms with Crippen molar-refractivity contribution in [3.63, 3.8) is 0 Å². The van der Waals surface area contributed by atoms with E-state index in [1.165, 1.54) is 12.1 Å². The fraction of sp³-hybridized carbons (Fsp3) is 0. The maximum Gasteiger partial charge on any atom is 0 e. The predicted octanol–water partition coefficient (Wildman–Crippen LogP) is 0.957. The monoisotopic (exact) mass is 533 g/mol. The summed E-state index contributed by atoms with van der Waals surface area (Å²) in [4.78, 5) is 0. The van der Waals surface area contributed by atoms with Gasteiger partial charge in [0.05, 0.1) is 0 Å². The summed E-state index contributed by atoms with van der Waals surface area (Å²) in [6, 6.07) is 2.43. The van der Waals surface area contributed by atoms with E-state index in [0.29, 0.717) is 5.56 Å². The summed E-state index contributed by atoms with van der Waals surface area (Å²) >= 11 is 3.21. The molecule has 4 nitrogen and oxygen atoms in total. The average molecular weight is 533 g/mol. The van der Waals surface area contributed by atoms with Gasteiger partial charge in [0.25, 0.3) is 0 Å². The van der Waals surface area contributed by atoms with E-state index in [0.717, 1.165) is 0 Å². The molecule has 85 valence electrons. The first-order valence-electron chi connectivity index (χ1n) is 3.46. The first-order chi connectivity index (χ1) is 6.56. The van der Waals surface area contributed by atoms with Crippen molar-refractivity contribution < 1.29 is 40.4 Å². The fourth-order valence-electron chi connectivity index (χ4n) is 0.834. The molecule has 0 saturated carbocycles. The number of hydrogen-bond acceptors (Lipinski definition) is 6. The van der Waals surface area contributed by atoms with Gasteiger partial charge in [0, 0.05) is 22.4 Å². The zero-order valence-corrected chi connectivity index (χ0v) is 14.7. The maximum absolute atomic E-state index is 9.16. The SMILES string of the molecule is Oc1cc(C(=S)[O][PbH]=[S])cc(O)c1O.[Ag]. The summed E-state index contributed by atoms with van der Waals surface area (Å²) in [5, 5.41) is 27.5. The van der Waals surface area contributed by atoms with E-state index >= 15 is 0 Å². The van der Waals surface area contributed by atoms with E-state index < -0.39 is 39.9 Å². The third-order valence-corrected chi connectivity index (χ3v) is 4.59. The molecule has 1 rings (SSSR count). The summed E-state index contributed by atoms with van der Waals surface area (Å²) in [5.41, 5.74) is 0.342. The summed E-state index contributed by atoms with van der Waals surface area (Å²) in [5.74, 6) is -1.45. The van der Waals surface area contributed by atoms with Gasteiger partial charge in [-0.05, 0) is 0 Å². The number of phenolic OH excluding ortho intramolecular Hbond substituents is 3. The number of phenols is 3. The van der Waals surface area contributed by atoms with Gasteiger partial charge in [-0.3, -0.25) is 0 Å². The molecular weight excluding hydrogens is 527 g/mol. The van der Waals surface area contributed by atoms with Gasteiger partial charge in [-0.25, -0.2) is 0 Å². The summed E-state index contributed by atoms with van der Waals surface area (Å²) in [6.45, 7) is 0. The maximum atomic E-state index is 9.16. The Morgan fingerprint density at radius 3 is 2.07 bits per heavy atom. The topological polar surface area (TPSA) is 69.9 Å². The summed E-state index contributed by atoms with van der Waals surface area (Å²) in [6.07, 6.45) is 0. The van der Waals surface area contributed by atoms with Crippen LogP contribution in [-0.2, 0) is 25.1 Å². The smallest absolute Gasteiger partial charge is 0 e. The number of hydrogen-bond donors (Lipinski definition) is 3. The summed E-state index contributed by atoms with van der Waals surface area (Å²) in [7, 11) is 4.74. The van der Waals surface area contributed by atoms with Crippen molar-refractivity contribution in [1.82, 2.24) is 0 Å². The Hall–Kier alpha value is 0.392. The Bertz CT molecular complexity index is 376. The van der Waals surface area contributed by atoms with Crippen molar-refractivity contribution in [3.8, 4) is 17.2 Å². The van der Waals surface area contributed by atoms with Crippen LogP contribution in [0, 0.1) is 0 Å². The van der Waals surface area contributed by atoms with E-state index in [1.807, 2.05) is 0 Å². The van der Waals surface area contributed by atoms with Crippen LogP contribution in [0.15, 0.2) is 12.1 Å². The first kappa shape index (κ1) is 15.4. The number of thiocarbonyl (C=S) groups is 1. The fourth-order valence-corrected chi connectivity index (χ4v) is 3.62. The van der Waals surface area contributed by atoms with Crippen LogP contribution in [0.1, 0.15) is 5.56 Å². The van der Waals surface area contributed by atoms with Gasteiger partial charge in [-0.1, -0.05) is 0 Å². The minimum absolute atomic E-state index is 0. The summed E-state index contributed by atoms with van der Waals surface area (Å²) < 4.78 is 5.03. The minimum Gasteiger partial charge on any atom is 0 e. The standard InChI is InChI=1S/C7H6O4S.Ag.Pb.S.H/c8-4-1-3(7(11)12)2-5(9)6(4)10;;;;/h1-2,8-10H,(H,11,12);;;;/q;;+1;;/p-1. The number of benzene rings is 1. The average Bonchev–Trinajstić information content (AvgIpc) is 2.13. The van der Waals surface area contributed by atoms with Crippen molar-refractivity contribution >= 4 is 48.5 Å². The second-order valence-corrected chi connectivity index (χ2v) is 6.09. The van der Waals surface area contributed by atoms with Gasteiger partial charge in [0.2, 0.25) is 0 Å². The predicted molar refractivity (Wildman–Crippen MR) is 59.0 cm³/mol. The third kappa shape index (κ3) is 4.04. The van der Waals surface area contributed by atoms with E-state index in [-0.39, 0.29) is 27.4 Å². The van der Waals surface area contributed by atoms with Gasteiger partial charge < -0.3 is 0 Å². The molecule has 15 heavy (non-hydrogen) atoms. The van der Waals surface area contributed by atoms with Gasteiger partial charge >= 0.3 is 101 Å². The molecule has 0 unspecified atom stereocenters. The van der Waals surface area contributed by atoms with Crippen LogP contribution in [0.5, 0.6) is 17.2 Å². The second kappa shape index (κ2) is 6.86. The molecule has 0 bridgehead atoms. The molecular formula is C7H6AgO4PbS2. The Morgan fingerprint density at radius 2 is 1.67 bits per heavy atom. The second-order valence-electron chi connectivity index (χ2n) is 2.36. The largest absolute Gasteiger partial charge is 0 e. The van der Waals surface area contributed by atoms with Crippen LogP contribution in [0.25, 0.3) is 0 Å². The van der Waals surface area contributed by atoms with Gasteiger partial charge in [-0.15, -0.1) is 0 Å². The number of aromatic hydroxyl groups is 3. The molecule has 0 fully saturated rings. The van der Waals surface area contributed by atoms with Crippen molar-refractivity contribution in [3.05, 3.63) is 17.7 Å². The molecule has 3 N–H and O–H groups in total. The molecule has 8 heteroatoms. The van der Waals surface area contributed by atoms with Crippen LogP contribution in [-0.4, -0.2) is 43.0 Å². The van der Waals surface area contributed by atoms with Crippen LogP contribution >= 0.6 is 20.9 Å². The van der Waals surface area contributed by atoms with Gasteiger partial charge in [0.1, 0.15) is 0 Å². The molecule has 0 amide bonds. The zero-order chi connectivity index (χ0) is 10.7. The zero-order valence-electron chi connectivity index (χ0n) is 7.10. The normalized spacial score (nSPS) is 8.80. The first-order valence-corrected chi connectivity index (χ1v) is 11.7. The Morgan fingerprint density at radius 1 is 1.20 bits per heavy atom. The van der Waals surface area contributed by atoms with E-state index in [4.69, 9.17) is 38.9 Å². The Labute approximate surface area is 122 Å². The molecule has 0 atom stereocenters. The van der Waals surface area contributed by atoms with Crippen molar-refractivity contribution in [1.29, 1.82) is 0 Å². The molecule has 0 saturated heterocycles. The van der Waals surface area contributed by atoms with E-state index in [2.05, 4.69) is 0 Å². The van der Waals surface area contributed by atoms with Crippen LogP contribution in [0.4, 0.5) is 0 Å². The quantitative estimate of drug-likeness (QED) is 0.299. The van der Waals surface area contributed by atoms with Crippen LogP contribution in [0.3, 0.4) is 0 Å². The van der Waals surface area contributed by atoms with Gasteiger partial charge in [-0.2, -0.15) is 0 Å². The molecule has 1 aromatic rings. The van der Waals surface area contributed by atoms with Crippen molar-refractivity contribution in [2.24, 2.45) is 0 Å². The minimum atomic E-state index is -1.64. The van der Waals surface area contributed by atoms with E-state index in [1.54, 1.807) is 0 Å². The van der Waals surface area contributed by atoms with E-state index in [9.17, 15) is 0 Å². The molecule has 0 heterocycles. The molecule has 0 aliphatic heterocycles. The van der Waals surface area contributed by atoms with Crippen molar-refractivity contribution in [2.45, 2.75) is 0 Å².